The highest BCUT2D eigenvalue weighted by molar-refractivity contribution is 5.95. The number of anilines is 1. The third-order valence-electron chi connectivity index (χ3n) is 3.16. The molecule has 0 saturated heterocycles. The molecular formula is C18H18FNO4. The van der Waals surface area contributed by atoms with E-state index in [1.165, 1.54) is 24.3 Å². The lowest BCUT2D eigenvalue weighted by molar-refractivity contribution is -0.122. The number of ether oxygens (including phenoxy) is 2. The largest absolute Gasteiger partial charge is 0.481 e. The molecular weight excluding hydrogens is 313 g/mol. The lowest BCUT2D eigenvalue weighted by atomic mass is 10.2. The average Bonchev–Trinajstić information content (AvgIpc) is 2.57. The summed E-state index contributed by atoms with van der Waals surface area (Å²) in [6.07, 6.45) is -0.764. The van der Waals surface area contributed by atoms with Crippen LogP contribution in [-0.2, 0) is 9.53 Å². The molecule has 0 spiro atoms. The SMILES string of the molecule is CCOC(=O)c1ccc(NC(=O)[C@H](C)Oc2ccc(F)cc2)cc1. The van der Waals surface area contributed by atoms with Gasteiger partial charge in [0.05, 0.1) is 12.2 Å². The molecule has 0 saturated carbocycles. The highest BCUT2D eigenvalue weighted by Crippen LogP contribution is 2.15. The minimum absolute atomic E-state index is 0.301. The van der Waals surface area contributed by atoms with Crippen LogP contribution in [0.4, 0.5) is 10.1 Å². The molecule has 0 aliphatic rings. The van der Waals surface area contributed by atoms with Crippen LogP contribution in [0.3, 0.4) is 0 Å². The third kappa shape index (κ3) is 4.81. The Morgan fingerprint density at radius 2 is 1.71 bits per heavy atom. The van der Waals surface area contributed by atoms with Crippen LogP contribution in [0.5, 0.6) is 5.75 Å². The number of hydrogen-bond donors (Lipinski definition) is 1. The maximum Gasteiger partial charge on any atom is 0.338 e. The fraction of sp³-hybridized carbons (Fsp3) is 0.222. The van der Waals surface area contributed by atoms with Gasteiger partial charge in [-0.3, -0.25) is 4.79 Å². The van der Waals surface area contributed by atoms with Crippen LogP contribution in [0.15, 0.2) is 48.5 Å². The Balaban J connectivity index is 1.93. The van der Waals surface area contributed by atoms with E-state index < -0.39 is 12.1 Å². The van der Waals surface area contributed by atoms with Crippen LogP contribution in [0.1, 0.15) is 24.2 Å². The van der Waals surface area contributed by atoms with E-state index in [9.17, 15) is 14.0 Å². The lowest BCUT2D eigenvalue weighted by Gasteiger charge is -2.15. The summed E-state index contributed by atoms with van der Waals surface area (Å²) in [5, 5.41) is 2.68. The molecule has 2 aromatic carbocycles. The number of benzene rings is 2. The molecule has 1 atom stereocenters. The molecule has 6 heteroatoms. The number of nitrogens with one attached hydrogen (secondary N) is 1. The Morgan fingerprint density at radius 3 is 2.29 bits per heavy atom. The molecule has 0 unspecified atom stereocenters. The zero-order chi connectivity index (χ0) is 17.5. The van der Waals surface area contributed by atoms with E-state index >= 15 is 0 Å². The van der Waals surface area contributed by atoms with Crippen molar-refractivity contribution in [2.45, 2.75) is 20.0 Å². The van der Waals surface area contributed by atoms with Gasteiger partial charge in [0.15, 0.2) is 6.10 Å². The molecule has 1 amide bonds. The van der Waals surface area contributed by atoms with E-state index in [1.54, 1.807) is 38.1 Å². The van der Waals surface area contributed by atoms with E-state index in [1.807, 2.05) is 0 Å². The van der Waals surface area contributed by atoms with Gasteiger partial charge in [0.1, 0.15) is 11.6 Å². The number of amides is 1. The first kappa shape index (κ1) is 17.5. The van der Waals surface area contributed by atoms with Gasteiger partial charge >= 0.3 is 5.97 Å². The Labute approximate surface area is 139 Å². The second-order valence-corrected chi connectivity index (χ2v) is 5.00. The van der Waals surface area contributed by atoms with Gasteiger partial charge in [-0.2, -0.15) is 0 Å². The predicted molar refractivity (Wildman–Crippen MR) is 87.5 cm³/mol. The Morgan fingerprint density at radius 1 is 1.08 bits per heavy atom. The molecule has 24 heavy (non-hydrogen) atoms. The van der Waals surface area contributed by atoms with E-state index in [4.69, 9.17) is 9.47 Å². The van der Waals surface area contributed by atoms with Gasteiger partial charge in [-0.15, -0.1) is 0 Å². The monoisotopic (exact) mass is 331 g/mol. The first-order chi connectivity index (χ1) is 11.5. The van der Waals surface area contributed by atoms with Gasteiger partial charge < -0.3 is 14.8 Å². The summed E-state index contributed by atoms with van der Waals surface area (Å²) < 4.78 is 23.2. The molecule has 2 aromatic rings. The number of halogens is 1. The zero-order valence-corrected chi connectivity index (χ0v) is 13.4. The van der Waals surface area contributed by atoms with Crippen molar-refractivity contribution in [1.82, 2.24) is 0 Å². The average molecular weight is 331 g/mol. The van der Waals surface area contributed by atoms with Crippen LogP contribution < -0.4 is 10.1 Å². The predicted octanol–water partition coefficient (Wildman–Crippen LogP) is 3.41. The Bertz CT molecular complexity index is 698. The highest BCUT2D eigenvalue weighted by atomic mass is 19.1. The van der Waals surface area contributed by atoms with Crippen LogP contribution in [0, 0.1) is 5.82 Å². The molecule has 0 aliphatic heterocycles. The van der Waals surface area contributed by atoms with Gasteiger partial charge in [0.25, 0.3) is 5.91 Å². The smallest absolute Gasteiger partial charge is 0.338 e. The summed E-state index contributed by atoms with van der Waals surface area (Å²) in [7, 11) is 0. The summed E-state index contributed by atoms with van der Waals surface area (Å²) >= 11 is 0. The first-order valence-corrected chi connectivity index (χ1v) is 7.50. The van der Waals surface area contributed by atoms with Crippen molar-refractivity contribution in [3.8, 4) is 5.75 Å². The van der Waals surface area contributed by atoms with Crippen LogP contribution in [0.2, 0.25) is 0 Å². The maximum absolute atomic E-state index is 12.8. The number of esters is 1. The normalized spacial score (nSPS) is 11.5. The van der Waals surface area contributed by atoms with E-state index in [2.05, 4.69) is 5.32 Å². The zero-order valence-electron chi connectivity index (χ0n) is 13.4. The van der Waals surface area contributed by atoms with Crippen molar-refractivity contribution in [2.75, 3.05) is 11.9 Å². The number of rotatable bonds is 6. The van der Waals surface area contributed by atoms with Crippen molar-refractivity contribution in [3.63, 3.8) is 0 Å². The summed E-state index contributed by atoms with van der Waals surface area (Å²) in [5.74, 6) is -0.746. The fourth-order valence-electron chi connectivity index (χ4n) is 1.92. The minimum atomic E-state index is -0.764. The standard InChI is InChI=1S/C18H18FNO4/c1-3-23-18(22)13-4-8-15(9-5-13)20-17(21)12(2)24-16-10-6-14(19)7-11-16/h4-12H,3H2,1-2H3,(H,20,21)/t12-/m0/s1. The summed E-state index contributed by atoms with van der Waals surface area (Å²) in [6.45, 7) is 3.62. The molecule has 0 aliphatic carbocycles. The Hall–Kier alpha value is -2.89. The summed E-state index contributed by atoms with van der Waals surface area (Å²) in [6, 6.07) is 11.8. The van der Waals surface area contributed by atoms with Crippen molar-refractivity contribution < 1.29 is 23.5 Å². The van der Waals surface area contributed by atoms with Crippen LogP contribution >= 0.6 is 0 Å². The van der Waals surface area contributed by atoms with Crippen LogP contribution in [-0.4, -0.2) is 24.6 Å². The number of carbonyl (C=O) groups is 2. The van der Waals surface area contributed by atoms with Crippen molar-refractivity contribution in [2.24, 2.45) is 0 Å². The summed E-state index contributed by atoms with van der Waals surface area (Å²) in [4.78, 5) is 23.7. The molecule has 0 bridgehead atoms. The molecule has 0 aromatic heterocycles. The molecule has 5 nitrogen and oxygen atoms in total. The quantitative estimate of drug-likeness (QED) is 0.824. The second kappa shape index (κ2) is 8.10. The maximum atomic E-state index is 12.8. The van der Waals surface area contributed by atoms with Crippen LogP contribution in [0.25, 0.3) is 0 Å². The molecule has 0 radical (unpaired) electrons. The van der Waals surface area contributed by atoms with E-state index in [0.717, 1.165) is 0 Å². The lowest BCUT2D eigenvalue weighted by Crippen LogP contribution is -2.30. The second-order valence-electron chi connectivity index (χ2n) is 5.00. The Kier molecular flexibility index (Phi) is 5.89. The third-order valence-corrected chi connectivity index (χ3v) is 3.16. The molecule has 0 fully saturated rings. The fourth-order valence-corrected chi connectivity index (χ4v) is 1.92. The first-order valence-electron chi connectivity index (χ1n) is 7.50. The summed E-state index contributed by atoms with van der Waals surface area (Å²) in [5.41, 5.74) is 0.938. The van der Waals surface area contributed by atoms with Gasteiger partial charge in [0, 0.05) is 5.69 Å². The van der Waals surface area contributed by atoms with Crippen molar-refractivity contribution >= 4 is 17.6 Å². The van der Waals surface area contributed by atoms with Crippen molar-refractivity contribution in [1.29, 1.82) is 0 Å². The van der Waals surface area contributed by atoms with Gasteiger partial charge in [-0.05, 0) is 62.4 Å². The minimum Gasteiger partial charge on any atom is -0.481 e. The van der Waals surface area contributed by atoms with E-state index in [-0.39, 0.29) is 11.7 Å². The van der Waals surface area contributed by atoms with Gasteiger partial charge in [-0.25, -0.2) is 9.18 Å². The number of carbonyl (C=O) groups excluding carboxylic acids is 2. The number of hydrogen-bond acceptors (Lipinski definition) is 4. The molecule has 2 rings (SSSR count). The van der Waals surface area contributed by atoms with Gasteiger partial charge in [-0.1, -0.05) is 0 Å². The highest BCUT2D eigenvalue weighted by Gasteiger charge is 2.15. The topological polar surface area (TPSA) is 64.6 Å². The van der Waals surface area contributed by atoms with E-state index in [0.29, 0.717) is 23.6 Å². The molecule has 0 heterocycles. The van der Waals surface area contributed by atoms with Gasteiger partial charge in [0.2, 0.25) is 0 Å². The molecule has 126 valence electrons. The van der Waals surface area contributed by atoms with Crippen molar-refractivity contribution in [3.05, 3.63) is 59.9 Å². The molecule has 1 N–H and O–H groups in total.